The Labute approximate surface area is 146 Å². The van der Waals surface area contributed by atoms with Crippen molar-refractivity contribution < 1.29 is 14.1 Å². The normalized spacial score (nSPS) is 16.6. The lowest BCUT2D eigenvalue weighted by Crippen LogP contribution is -2.39. The third-order valence-electron chi connectivity index (χ3n) is 4.71. The lowest BCUT2D eigenvalue weighted by molar-refractivity contribution is -0.131. The van der Waals surface area contributed by atoms with Gasteiger partial charge in [0, 0.05) is 25.4 Å². The van der Waals surface area contributed by atoms with Crippen LogP contribution in [0.25, 0.3) is 11.0 Å². The van der Waals surface area contributed by atoms with E-state index in [4.69, 9.17) is 9.26 Å². The minimum atomic E-state index is 0.0153. The zero-order valence-corrected chi connectivity index (χ0v) is 14.1. The molecule has 2 heterocycles. The van der Waals surface area contributed by atoms with Crippen LogP contribution in [0.5, 0.6) is 0 Å². The number of rotatable bonds is 4. The lowest BCUT2D eigenvalue weighted by atomic mass is 9.99. The van der Waals surface area contributed by atoms with Gasteiger partial charge in [0.25, 0.3) is 0 Å². The van der Waals surface area contributed by atoms with Crippen molar-refractivity contribution in [3.05, 3.63) is 65.4 Å². The van der Waals surface area contributed by atoms with Gasteiger partial charge in [-0.3, -0.25) is 4.79 Å². The Morgan fingerprint density at radius 3 is 2.80 bits per heavy atom. The van der Waals surface area contributed by atoms with Crippen molar-refractivity contribution in [3.63, 3.8) is 0 Å². The number of likely N-dealkylation sites (N-methyl/N-ethyl adjacent to an activating group) is 1. The van der Waals surface area contributed by atoms with Crippen LogP contribution >= 0.6 is 0 Å². The summed E-state index contributed by atoms with van der Waals surface area (Å²) in [5, 5.41) is 4.94. The van der Waals surface area contributed by atoms with E-state index in [0.717, 1.165) is 11.8 Å². The molecule has 2 aromatic carbocycles. The van der Waals surface area contributed by atoms with Crippen molar-refractivity contribution in [2.24, 2.45) is 0 Å². The molecule has 0 saturated heterocycles. The summed E-state index contributed by atoms with van der Waals surface area (Å²) in [6.07, 6.45) is 1.09. The van der Waals surface area contributed by atoms with Crippen molar-refractivity contribution in [1.82, 2.24) is 10.1 Å². The number of carbonyl (C=O) groups excluding carboxylic acids is 1. The number of benzene rings is 2. The second kappa shape index (κ2) is 6.69. The molecule has 0 saturated carbocycles. The highest BCUT2D eigenvalue weighted by molar-refractivity contribution is 5.86. The molecule has 1 aromatic heterocycles. The molecule has 1 atom stereocenters. The first kappa shape index (κ1) is 15.8. The van der Waals surface area contributed by atoms with Crippen LogP contribution in [0.1, 0.15) is 16.8 Å². The largest absolute Gasteiger partial charge is 0.371 e. The van der Waals surface area contributed by atoms with Crippen molar-refractivity contribution >= 4 is 16.9 Å². The van der Waals surface area contributed by atoms with Crippen LogP contribution < -0.4 is 0 Å². The second-order valence-electron chi connectivity index (χ2n) is 6.48. The first-order valence-electron chi connectivity index (χ1n) is 8.46. The van der Waals surface area contributed by atoms with E-state index in [0.29, 0.717) is 24.4 Å². The van der Waals surface area contributed by atoms with Gasteiger partial charge in [-0.25, -0.2) is 0 Å². The molecule has 1 aliphatic heterocycles. The summed E-state index contributed by atoms with van der Waals surface area (Å²) in [6.45, 7) is 1.18. The molecule has 128 valence electrons. The zero-order valence-electron chi connectivity index (χ0n) is 14.1. The van der Waals surface area contributed by atoms with Gasteiger partial charge in [-0.2, -0.15) is 0 Å². The molecular weight excluding hydrogens is 316 g/mol. The molecule has 0 bridgehead atoms. The Morgan fingerprint density at radius 2 is 1.92 bits per heavy atom. The molecule has 1 unspecified atom stereocenters. The molecule has 1 aliphatic rings. The molecule has 0 radical (unpaired) electrons. The van der Waals surface area contributed by atoms with Gasteiger partial charge in [-0.15, -0.1) is 0 Å². The van der Waals surface area contributed by atoms with E-state index in [9.17, 15) is 4.79 Å². The molecule has 1 amide bonds. The van der Waals surface area contributed by atoms with Gasteiger partial charge >= 0.3 is 0 Å². The van der Waals surface area contributed by atoms with Crippen LogP contribution in [0.4, 0.5) is 0 Å². The Hall–Kier alpha value is -2.66. The van der Waals surface area contributed by atoms with E-state index < -0.39 is 0 Å². The number of carbonyl (C=O) groups is 1. The molecule has 3 aromatic rings. The number of para-hydroxylation sites is 1. The zero-order chi connectivity index (χ0) is 17.2. The van der Waals surface area contributed by atoms with E-state index in [2.05, 4.69) is 17.3 Å². The van der Waals surface area contributed by atoms with Crippen LogP contribution in [-0.2, 0) is 29.0 Å². The average molecular weight is 336 g/mol. The maximum absolute atomic E-state index is 12.6. The fourth-order valence-corrected chi connectivity index (χ4v) is 3.28. The predicted molar refractivity (Wildman–Crippen MR) is 94.1 cm³/mol. The Bertz CT molecular complexity index is 903. The maximum Gasteiger partial charge on any atom is 0.228 e. The molecule has 0 spiro atoms. The van der Waals surface area contributed by atoms with E-state index in [1.165, 1.54) is 11.1 Å². The summed E-state index contributed by atoms with van der Waals surface area (Å²) < 4.78 is 11.2. The van der Waals surface area contributed by atoms with Crippen LogP contribution in [0, 0.1) is 0 Å². The Balaban J connectivity index is 1.40. The van der Waals surface area contributed by atoms with Crippen LogP contribution in [-0.4, -0.2) is 35.7 Å². The monoisotopic (exact) mass is 336 g/mol. The predicted octanol–water partition coefficient (Wildman–Crippen LogP) is 2.97. The van der Waals surface area contributed by atoms with Gasteiger partial charge in [0.15, 0.2) is 5.58 Å². The highest BCUT2D eigenvalue weighted by Gasteiger charge is 2.23. The Morgan fingerprint density at radius 1 is 1.16 bits per heavy atom. The third-order valence-corrected chi connectivity index (χ3v) is 4.71. The topological polar surface area (TPSA) is 55.6 Å². The molecule has 4 rings (SSSR count). The van der Waals surface area contributed by atoms with Crippen molar-refractivity contribution in [2.45, 2.75) is 25.6 Å². The van der Waals surface area contributed by atoms with E-state index >= 15 is 0 Å². The molecule has 25 heavy (non-hydrogen) atoms. The number of amides is 1. The number of aromatic nitrogens is 1. The summed E-state index contributed by atoms with van der Waals surface area (Å²) >= 11 is 0. The SMILES string of the molecule is CN(CC1Cc2ccccc2CO1)C(=O)Cc1noc2ccccc12. The number of hydrogen-bond donors (Lipinski definition) is 0. The van der Waals surface area contributed by atoms with Gasteiger partial charge < -0.3 is 14.2 Å². The minimum Gasteiger partial charge on any atom is -0.371 e. The highest BCUT2D eigenvalue weighted by Crippen LogP contribution is 2.21. The summed E-state index contributed by atoms with van der Waals surface area (Å²) in [5.74, 6) is 0.0153. The first-order chi connectivity index (χ1) is 12.2. The fourth-order valence-electron chi connectivity index (χ4n) is 3.28. The smallest absolute Gasteiger partial charge is 0.228 e. The highest BCUT2D eigenvalue weighted by atomic mass is 16.5. The average Bonchev–Trinajstić information content (AvgIpc) is 3.04. The van der Waals surface area contributed by atoms with E-state index in [1.54, 1.807) is 4.90 Å². The number of nitrogens with zero attached hydrogens (tertiary/aromatic N) is 2. The molecule has 0 N–H and O–H groups in total. The molecule has 5 heteroatoms. The van der Waals surface area contributed by atoms with Gasteiger partial charge in [0.2, 0.25) is 5.91 Å². The number of fused-ring (bicyclic) bond motifs is 2. The van der Waals surface area contributed by atoms with Gasteiger partial charge in [0.05, 0.1) is 19.1 Å². The summed E-state index contributed by atoms with van der Waals surface area (Å²) in [6, 6.07) is 15.9. The summed E-state index contributed by atoms with van der Waals surface area (Å²) in [4.78, 5) is 14.3. The van der Waals surface area contributed by atoms with Crippen molar-refractivity contribution in [2.75, 3.05) is 13.6 Å². The fraction of sp³-hybridized carbons (Fsp3) is 0.300. The van der Waals surface area contributed by atoms with Gasteiger partial charge in [-0.05, 0) is 23.3 Å². The number of hydrogen-bond acceptors (Lipinski definition) is 4. The van der Waals surface area contributed by atoms with Crippen molar-refractivity contribution in [1.29, 1.82) is 0 Å². The quantitative estimate of drug-likeness (QED) is 0.735. The maximum atomic E-state index is 12.6. The first-order valence-corrected chi connectivity index (χ1v) is 8.46. The second-order valence-corrected chi connectivity index (χ2v) is 6.48. The van der Waals surface area contributed by atoms with Crippen LogP contribution in [0.15, 0.2) is 53.1 Å². The van der Waals surface area contributed by atoms with E-state index in [-0.39, 0.29) is 18.4 Å². The van der Waals surface area contributed by atoms with Crippen LogP contribution in [0.2, 0.25) is 0 Å². The number of ether oxygens (including phenoxy) is 1. The molecule has 0 fully saturated rings. The van der Waals surface area contributed by atoms with E-state index in [1.807, 2.05) is 43.4 Å². The summed E-state index contributed by atoms with van der Waals surface area (Å²) in [5.41, 5.74) is 3.94. The van der Waals surface area contributed by atoms with Gasteiger partial charge in [0.1, 0.15) is 5.69 Å². The Kier molecular flexibility index (Phi) is 4.24. The van der Waals surface area contributed by atoms with Gasteiger partial charge in [-0.1, -0.05) is 41.6 Å². The van der Waals surface area contributed by atoms with Crippen molar-refractivity contribution in [3.8, 4) is 0 Å². The summed E-state index contributed by atoms with van der Waals surface area (Å²) in [7, 11) is 1.81. The van der Waals surface area contributed by atoms with Crippen LogP contribution in [0.3, 0.4) is 0 Å². The molecular formula is C20H20N2O3. The standard InChI is InChI=1S/C20H20N2O3/c1-22(12-16-10-14-6-2-3-7-15(14)13-24-16)20(23)11-18-17-8-4-5-9-19(17)25-21-18/h2-9,16H,10-13H2,1H3. The molecule has 0 aliphatic carbocycles. The minimum absolute atomic E-state index is 0.0153. The lowest BCUT2D eigenvalue weighted by Gasteiger charge is -2.29. The molecule has 5 nitrogen and oxygen atoms in total. The third kappa shape index (κ3) is 3.28.